The van der Waals surface area contributed by atoms with E-state index in [-0.39, 0.29) is 5.91 Å². The summed E-state index contributed by atoms with van der Waals surface area (Å²) in [6, 6.07) is 17.1. The van der Waals surface area contributed by atoms with Crippen LogP contribution in [0.1, 0.15) is 27.3 Å². The molecule has 0 unspecified atom stereocenters. The molecule has 1 amide bonds. The molecule has 2 aromatic carbocycles. The number of methoxy groups -OCH3 is 1. The van der Waals surface area contributed by atoms with Crippen molar-refractivity contribution in [3.8, 4) is 5.75 Å². The Morgan fingerprint density at radius 3 is 2.63 bits per heavy atom. The summed E-state index contributed by atoms with van der Waals surface area (Å²) in [4.78, 5) is 21.2. The lowest BCUT2D eigenvalue weighted by molar-refractivity contribution is 0.0945. The van der Waals surface area contributed by atoms with Crippen molar-refractivity contribution in [1.29, 1.82) is 0 Å². The van der Waals surface area contributed by atoms with Gasteiger partial charge < -0.3 is 15.4 Å². The van der Waals surface area contributed by atoms with E-state index in [2.05, 4.69) is 20.6 Å². The molecule has 1 aromatic heterocycles. The topological polar surface area (TPSA) is 76.1 Å². The Kier molecular flexibility index (Phi) is 5.66. The van der Waals surface area contributed by atoms with Crippen molar-refractivity contribution >= 4 is 17.5 Å². The number of amides is 1. The number of aromatic nitrogens is 2. The summed E-state index contributed by atoms with van der Waals surface area (Å²) in [7, 11) is 1.61. The Hall–Kier alpha value is -3.41. The Morgan fingerprint density at radius 1 is 1.04 bits per heavy atom. The van der Waals surface area contributed by atoms with Gasteiger partial charge in [0.05, 0.1) is 7.11 Å². The van der Waals surface area contributed by atoms with Crippen molar-refractivity contribution in [3.05, 3.63) is 77.1 Å². The van der Waals surface area contributed by atoms with Gasteiger partial charge in [-0.2, -0.15) is 0 Å². The quantitative estimate of drug-likeness (QED) is 0.698. The Morgan fingerprint density at radius 2 is 1.85 bits per heavy atom. The molecule has 2 N–H and O–H groups in total. The summed E-state index contributed by atoms with van der Waals surface area (Å²) in [5, 5.41) is 6.02. The Balaban J connectivity index is 1.73. The third kappa shape index (κ3) is 5.04. The van der Waals surface area contributed by atoms with Crippen LogP contribution in [-0.2, 0) is 6.54 Å². The maximum atomic E-state index is 12.5. The van der Waals surface area contributed by atoms with Crippen LogP contribution in [-0.4, -0.2) is 23.0 Å². The summed E-state index contributed by atoms with van der Waals surface area (Å²) in [6.45, 7) is 4.30. The molecule has 1 heterocycles. The van der Waals surface area contributed by atoms with E-state index in [1.807, 2.05) is 62.4 Å². The van der Waals surface area contributed by atoms with E-state index in [4.69, 9.17) is 4.74 Å². The first-order chi connectivity index (χ1) is 13.0. The molecule has 0 spiro atoms. The van der Waals surface area contributed by atoms with E-state index in [0.717, 1.165) is 22.6 Å². The standard InChI is InChI=1S/C21H22N4O2/c1-14-6-4-7-16(10-14)13-22-20(26)19-11-15(2)23-21(25-19)24-17-8-5-9-18(12-17)27-3/h4-12H,13H2,1-3H3,(H,22,26)(H,23,24,25). The average molecular weight is 362 g/mol. The number of rotatable bonds is 6. The van der Waals surface area contributed by atoms with E-state index in [1.54, 1.807) is 13.2 Å². The Labute approximate surface area is 158 Å². The number of hydrogen-bond acceptors (Lipinski definition) is 5. The highest BCUT2D eigenvalue weighted by atomic mass is 16.5. The van der Waals surface area contributed by atoms with Crippen molar-refractivity contribution in [2.24, 2.45) is 0 Å². The molecule has 0 aliphatic carbocycles. The molecular formula is C21H22N4O2. The molecule has 3 aromatic rings. The molecule has 27 heavy (non-hydrogen) atoms. The van der Waals surface area contributed by atoms with Crippen molar-refractivity contribution in [3.63, 3.8) is 0 Å². The highest BCUT2D eigenvalue weighted by Crippen LogP contribution is 2.19. The van der Waals surface area contributed by atoms with Crippen molar-refractivity contribution in [2.45, 2.75) is 20.4 Å². The van der Waals surface area contributed by atoms with E-state index >= 15 is 0 Å². The van der Waals surface area contributed by atoms with Gasteiger partial charge in [-0.25, -0.2) is 9.97 Å². The largest absolute Gasteiger partial charge is 0.497 e. The van der Waals surface area contributed by atoms with Crippen molar-refractivity contribution in [1.82, 2.24) is 15.3 Å². The number of ether oxygens (including phenoxy) is 1. The number of carbonyl (C=O) groups excluding carboxylic acids is 1. The first-order valence-corrected chi connectivity index (χ1v) is 8.64. The van der Waals surface area contributed by atoms with Crippen LogP contribution in [0.4, 0.5) is 11.6 Å². The molecule has 0 radical (unpaired) electrons. The molecule has 138 valence electrons. The highest BCUT2D eigenvalue weighted by Gasteiger charge is 2.11. The van der Waals surface area contributed by atoms with Gasteiger partial charge in [0.1, 0.15) is 11.4 Å². The van der Waals surface area contributed by atoms with Gasteiger partial charge >= 0.3 is 0 Å². The molecule has 3 rings (SSSR count). The number of carbonyl (C=O) groups is 1. The summed E-state index contributed by atoms with van der Waals surface area (Å²) >= 11 is 0. The summed E-state index contributed by atoms with van der Waals surface area (Å²) in [5.74, 6) is 0.850. The van der Waals surface area contributed by atoms with Crippen LogP contribution in [0.3, 0.4) is 0 Å². The minimum absolute atomic E-state index is 0.240. The predicted octanol–water partition coefficient (Wildman–Crippen LogP) is 3.78. The SMILES string of the molecule is COc1cccc(Nc2nc(C)cc(C(=O)NCc3cccc(C)c3)n2)c1. The molecule has 0 fully saturated rings. The van der Waals surface area contributed by atoms with Crippen LogP contribution in [0.2, 0.25) is 0 Å². The number of benzene rings is 2. The smallest absolute Gasteiger partial charge is 0.270 e. The molecule has 0 atom stereocenters. The first kappa shape index (κ1) is 18.4. The van der Waals surface area contributed by atoms with Crippen LogP contribution < -0.4 is 15.4 Å². The number of hydrogen-bond donors (Lipinski definition) is 2. The molecule has 0 saturated heterocycles. The first-order valence-electron chi connectivity index (χ1n) is 8.64. The monoisotopic (exact) mass is 362 g/mol. The lowest BCUT2D eigenvalue weighted by Crippen LogP contribution is -2.24. The fourth-order valence-corrected chi connectivity index (χ4v) is 2.67. The third-order valence-corrected chi connectivity index (χ3v) is 3.95. The molecule has 0 bridgehead atoms. The molecule has 6 heteroatoms. The maximum Gasteiger partial charge on any atom is 0.270 e. The van der Waals surface area contributed by atoms with Crippen molar-refractivity contribution < 1.29 is 9.53 Å². The van der Waals surface area contributed by atoms with E-state index in [1.165, 1.54) is 0 Å². The molecule has 0 aliphatic rings. The second-order valence-corrected chi connectivity index (χ2v) is 6.25. The van der Waals surface area contributed by atoms with Gasteiger partial charge in [0.15, 0.2) is 0 Å². The van der Waals surface area contributed by atoms with E-state index in [0.29, 0.717) is 23.9 Å². The van der Waals surface area contributed by atoms with Gasteiger partial charge in [0, 0.05) is 24.0 Å². The molecule has 6 nitrogen and oxygen atoms in total. The second kappa shape index (κ2) is 8.31. The van der Waals surface area contributed by atoms with Gasteiger partial charge in [-0.05, 0) is 37.6 Å². The summed E-state index contributed by atoms with van der Waals surface area (Å²) in [5.41, 5.74) is 4.01. The third-order valence-electron chi connectivity index (χ3n) is 3.95. The van der Waals surface area contributed by atoms with Crippen LogP contribution in [0.5, 0.6) is 5.75 Å². The molecule has 0 aliphatic heterocycles. The van der Waals surface area contributed by atoms with Gasteiger partial charge in [-0.1, -0.05) is 35.9 Å². The van der Waals surface area contributed by atoms with E-state index < -0.39 is 0 Å². The number of aryl methyl sites for hydroxylation is 2. The number of anilines is 2. The Bertz CT molecular complexity index is 956. The molecule has 0 saturated carbocycles. The fourth-order valence-electron chi connectivity index (χ4n) is 2.67. The van der Waals surface area contributed by atoms with Gasteiger partial charge in [-0.3, -0.25) is 4.79 Å². The van der Waals surface area contributed by atoms with E-state index in [9.17, 15) is 4.79 Å². The number of nitrogens with zero attached hydrogens (tertiary/aromatic N) is 2. The minimum atomic E-state index is -0.240. The second-order valence-electron chi connectivity index (χ2n) is 6.25. The lowest BCUT2D eigenvalue weighted by atomic mass is 10.1. The number of nitrogens with one attached hydrogen (secondary N) is 2. The van der Waals surface area contributed by atoms with Crippen LogP contribution in [0.15, 0.2) is 54.6 Å². The van der Waals surface area contributed by atoms with Crippen molar-refractivity contribution in [2.75, 3.05) is 12.4 Å². The normalized spacial score (nSPS) is 10.3. The summed E-state index contributed by atoms with van der Waals surface area (Å²) < 4.78 is 5.22. The minimum Gasteiger partial charge on any atom is -0.497 e. The van der Waals surface area contributed by atoms with Crippen LogP contribution in [0, 0.1) is 13.8 Å². The van der Waals surface area contributed by atoms with Crippen LogP contribution in [0.25, 0.3) is 0 Å². The van der Waals surface area contributed by atoms with Gasteiger partial charge in [0.25, 0.3) is 5.91 Å². The van der Waals surface area contributed by atoms with Gasteiger partial charge in [0.2, 0.25) is 5.95 Å². The average Bonchev–Trinajstić information content (AvgIpc) is 2.66. The molecular weight excluding hydrogens is 340 g/mol. The maximum absolute atomic E-state index is 12.5. The highest BCUT2D eigenvalue weighted by molar-refractivity contribution is 5.92. The lowest BCUT2D eigenvalue weighted by Gasteiger charge is -2.10. The zero-order chi connectivity index (χ0) is 19.2. The zero-order valence-corrected chi connectivity index (χ0v) is 15.6. The predicted molar refractivity (Wildman–Crippen MR) is 105 cm³/mol. The fraction of sp³-hybridized carbons (Fsp3) is 0.190. The van der Waals surface area contributed by atoms with Gasteiger partial charge in [-0.15, -0.1) is 0 Å². The summed E-state index contributed by atoms with van der Waals surface area (Å²) in [6.07, 6.45) is 0. The van der Waals surface area contributed by atoms with Crippen LogP contribution >= 0.6 is 0 Å². The zero-order valence-electron chi connectivity index (χ0n) is 15.6.